The molecule has 0 saturated heterocycles. The number of aromatic hydroxyl groups is 1. The molecule has 3 N–H and O–H groups in total. The maximum Gasteiger partial charge on any atom is 0.196 e. The van der Waals surface area contributed by atoms with Crippen molar-refractivity contribution in [3.05, 3.63) is 23.5 Å². The van der Waals surface area contributed by atoms with Gasteiger partial charge in [0.25, 0.3) is 0 Å². The number of rotatable bonds is 4. The molecule has 0 aliphatic rings. The van der Waals surface area contributed by atoms with Crippen LogP contribution in [0.4, 0.5) is 4.39 Å². The van der Waals surface area contributed by atoms with E-state index in [4.69, 9.17) is 0 Å². The number of hydrogen-bond donors (Lipinski definition) is 3. The fourth-order valence-corrected chi connectivity index (χ4v) is 1.30. The van der Waals surface area contributed by atoms with Crippen molar-refractivity contribution in [2.75, 3.05) is 20.7 Å². The van der Waals surface area contributed by atoms with E-state index in [-0.39, 0.29) is 18.0 Å². The second-order valence-electron chi connectivity index (χ2n) is 3.13. The molecule has 84 valence electrons. The predicted molar refractivity (Wildman–Crippen MR) is 53.5 cm³/mol. The third-order valence-electron chi connectivity index (χ3n) is 2.03. The topological polar surface area (TPSA) is 61.7 Å². The van der Waals surface area contributed by atoms with Crippen LogP contribution in [0.2, 0.25) is 0 Å². The van der Waals surface area contributed by atoms with Gasteiger partial charge in [0.2, 0.25) is 0 Å². The minimum atomic E-state index is -0.860. The van der Waals surface area contributed by atoms with Gasteiger partial charge in [-0.1, -0.05) is 0 Å². The quantitative estimate of drug-likeness (QED) is 0.695. The largest absolute Gasteiger partial charge is 0.504 e. The standard InChI is InChI=1S/C10H14FNO3/c1-12-5-9(14)6-3-7(11)10(15-2)8(13)4-6/h3-4,9,12-14H,5H2,1-2H3. The van der Waals surface area contributed by atoms with E-state index in [9.17, 15) is 14.6 Å². The van der Waals surface area contributed by atoms with Gasteiger partial charge in [0, 0.05) is 6.54 Å². The van der Waals surface area contributed by atoms with E-state index in [1.54, 1.807) is 7.05 Å². The number of nitrogens with one attached hydrogen (secondary N) is 1. The van der Waals surface area contributed by atoms with Gasteiger partial charge in [-0.2, -0.15) is 0 Å². The Hall–Kier alpha value is -1.33. The molecule has 1 unspecified atom stereocenters. The summed E-state index contributed by atoms with van der Waals surface area (Å²) in [6, 6.07) is 2.42. The fraction of sp³-hybridized carbons (Fsp3) is 0.400. The minimum Gasteiger partial charge on any atom is -0.504 e. The number of likely N-dealkylation sites (N-methyl/N-ethyl adjacent to an activating group) is 1. The van der Waals surface area contributed by atoms with E-state index in [1.807, 2.05) is 0 Å². The molecule has 0 amide bonds. The molecule has 0 radical (unpaired) electrons. The maximum atomic E-state index is 13.3. The van der Waals surface area contributed by atoms with E-state index >= 15 is 0 Å². The number of phenols is 1. The Morgan fingerprint density at radius 2 is 2.20 bits per heavy atom. The van der Waals surface area contributed by atoms with Gasteiger partial charge >= 0.3 is 0 Å². The molecular formula is C10H14FNO3. The molecule has 0 saturated carbocycles. The molecule has 1 aromatic rings. The Bertz CT molecular complexity index is 320. The monoisotopic (exact) mass is 215 g/mol. The highest BCUT2D eigenvalue weighted by Crippen LogP contribution is 2.32. The number of ether oxygens (including phenoxy) is 1. The van der Waals surface area contributed by atoms with Crippen LogP contribution in [0.25, 0.3) is 0 Å². The molecule has 1 aromatic carbocycles. The number of phenolic OH excluding ortho intramolecular Hbond substituents is 1. The zero-order valence-corrected chi connectivity index (χ0v) is 8.62. The molecule has 0 heterocycles. The van der Waals surface area contributed by atoms with Crippen molar-refractivity contribution in [2.45, 2.75) is 6.10 Å². The molecular weight excluding hydrogens is 201 g/mol. The van der Waals surface area contributed by atoms with Crippen molar-refractivity contribution in [3.63, 3.8) is 0 Å². The van der Waals surface area contributed by atoms with Crippen LogP contribution in [0.15, 0.2) is 12.1 Å². The van der Waals surface area contributed by atoms with E-state index in [2.05, 4.69) is 10.1 Å². The van der Waals surface area contributed by atoms with Crippen molar-refractivity contribution in [3.8, 4) is 11.5 Å². The van der Waals surface area contributed by atoms with E-state index in [0.717, 1.165) is 6.07 Å². The lowest BCUT2D eigenvalue weighted by molar-refractivity contribution is 0.176. The van der Waals surface area contributed by atoms with Crippen LogP contribution in [0.1, 0.15) is 11.7 Å². The summed E-state index contributed by atoms with van der Waals surface area (Å²) in [6.07, 6.45) is -0.860. The van der Waals surface area contributed by atoms with Crippen LogP contribution in [0, 0.1) is 5.82 Å². The van der Waals surface area contributed by atoms with Gasteiger partial charge in [-0.3, -0.25) is 0 Å². The molecule has 0 bridgehead atoms. The molecule has 1 rings (SSSR count). The molecule has 0 fully saturated rings. The second kappa shape index (κ2) is 4.95. The summed E-state index contributed by atoms with van der Waals surface area (Å²) in [6.45, 7) is 0.283. The van der Waals surface area contributed by atoms with Gasteiger partial charge in [0.1, 0.15) is 0 Å². The van der Waals surface area contributed by atoms with Crippen molar-refractivity contribution in [1.29, 1.82) is 0 Å². The first-order chi connectivity index (χ1) is 7.10. The number of aliphatic hydroxyl groups excluding tert-OH is 1. The van der Waals surface area contributed by atoms with Crippen LogP contribution in [0.3, 0.4) is 0 Å². The Balaban J connectivity index is 3.02. The third kappa shape index (κ3) is 2.57. The van der Waals surface area contributed by atoms with Crippen LogP contribution in [-0.2, 0) is 0 Å². The lowest BCUT2D eigenvalue weighted by Crippen LogP contribution is -2.16. The van der Waals surface area contributed by atoms with E-state index < -0.39 is 11.9 Å². The van der Waals surface area contributed by atoms with Crippen molar-refractivity contribution in [2.24, 2.45) is 0 Å². The van der Waals surface area contributed by atoms with Gasteiger partial charge in [0.15, 0.2) is 17.3 Å². The van der Waals surface area contributed by atoms with Gasteiger partial charge in [0.05, 0.1) is 13.2 Å². The van der Waals surface area contributed by atoms with Gasteiger partial charge < -0.3 is 20.3 Å². The van der Waals surface area contributed by atoms with Gasteiger partial charge in [-0.25, -0.2) is 4.39 Å². The smallest absolute Gasteiger partial charge is 0.196 e. The highest BCUT2D eigenvalue weighted by atomic mass is 19.1. The highest BCUT2D eigenvalue weighted by molar-refractivity contribution is 5.43. The van der Waals surface area contributed by atoms with Gasteiger partial charge in [-0.05, 0) is 24.7 Å². The average molecular weight is 215 g/mol. The molecule has 0 aromatic heterocycles. The first kappa shape index (κ1) is 11.7. The molecule has 0 aliphatic carbocycles. The minimum absolute atomic E-state index is 0.213. The summed E-state index contributed by atoms with van der Waals surface area (Å²) >= 11 is 0. The summed E-state index contributed by atoms with van der Waals surface area (Å²) < 4.78 is 17.9. The number of methoxy groups -OCH3 is 1. The Morgan fingerprint density at radius 1 is 1.53 bits per heavy atom. The summed E-state index contributed by atoms with van der Waals surface area (Å²) in [5, 5.41) is 21.7. The SMILES string of the molecule is CNCC(O)c1cc(O)c(OC)c(F)c1. The van der Waals surface area contributed by atoms with Gasteiger partial charge in [-0.15, -0.1) is 0 Å². The highest BCUT2D eigenvalue weighted by Gasteiger charge is 2.14. The normalized spacial score (nSPS) is 12.5. The zero-order chi connectivity index (χ0) is 11.4. The van der Waals surface area contributed by atoms with Crippen LogP contribution < -0.4 is 10.1 Å². The summed E-state index contributed by atoms with van der Waals surface area (Å²) in [5.41, 5.74) is 0.306. The second-order valence-corrected chi connectivity index (χ2v) is 3.13. The number of halogens is 1. The zero-order valence-electron chi connectivity index (χ0n) is 8.62. The molecule has 4 nitrogen and oxygen atoms in total. The number of hydrogen-bond acceptors (Lipinski definition) is 4. The summed E-state index contributed by atoms with van der Waals surface area (Å²) in [7, 11) is 2.94. The average Bonchev–Trinajstić information content (AvgIpc) is 2.17. The number of aliphatic hydroxyl groups is 1. The summed E-state index contributed by atoms with van der Waals surface area (Å²) in [4.78, 5) is 0. The molecule has 0 spiro atoms. The Kier molecular flexibility index (Phi) is 3.88. The fourth-order valence-electron chi connectivity index (χ4n) is 1.30. The van der Waals surface area contributed by atoms with E-state index in [1.165, 1.54) is 13.2 Å². The third-order valence-corrected chi connectivity index (χ3v) is 2.03. The summed E-state index contributed by atoms with van der Waals surface area (Å²) in [5.74, 6) is -1.22. The van der Waals surface area contributed by atoms with Crippen LogP contribution in [0.5, 0.6) is 11.5 Å². The first-order valence-electron chi connectivity index (χ1n) is 4.49. The lowest BCUT2D eigenvalue weighted by atomic mass is 10.1. The molecule has 5 heteroatoms. The van der Waals surface area contributed by atoms with Crippen molar-refractivity contribution < 1.29 is 19.3 Å². The molecule has 0 aliphatic heterocycles. The Labute approximate surface area is 87.3 Å². The van der Waals surface area contributed by atoms with Crippen molar-refractivity contribution >= 4 is 0 Å². The number of benzene rings is 1. The molecule has 15 heavy (non-hydrogen) atoms. The Morgan fingerprint density at radius 3 is 2.67 bits per heavy atom. The molecule has 1 atom stereocenters. The maximum absolute atomic E-state index is 13.3. The lowest BCUT2D eigenvalue weighted by Gasteiger charge is -2.12. The van der Waals surface area contributed by atoms with Crippen molar-refractivity contribution in [1.82, 2.24) is 5.32 Å². The van der Waals surface area contributed by atoms with Crippen LogP contribution >= 0.6 is 0 Å². The predicted octanol–water partition coefficient (Wildman–Crippen LogP) is 0.793. The van der Waals surface area contributed by atoms with E-state index in [0.29, 0.717) is 5.56 Å². The van der Waals surface area contributed by atoms with Crippen LogP contribution in [-0.4, -0.2) is 30.9 Å². The first-order valence-corrected chi connectivity index (χ1v) is 4.49.